The Kier molecular flexibility index (Phi) is 4.14. The van der Waals surface area contributed by atoms with Crippen molar-refractivity contribution in [3.63, 3.8) is 0 Å². The maximum absolute atomic E-state index is 12.8. The van der Waals surface area contributed by atoms with Gasteiger partial charge in [0.05, 0.1) is 6.21 Å². The number of thiazole rings is 1. The summed E-state index contributed by atoms with van der Waals surface area (Å²) < 4.78 is 2.04. The molecular weight excluding hydrogens is 350 g/mol. The molecule has 2 fully saturated rings. The Morgan fingerprint density at radius 2 is 2.04 bits per heavy atom. The van der Waals surface area contributed by atoms with E-state index < -0.39 is 11.6 Å². The second-order valence-corrected chi connectivity index (χ2v) is 7.78. The van der Waals surface area contributed by atoms with Crippen LogP contribution in [0.1, 0.15) is 49.1 Å². The van der Waals surface area contributed by atoms with Gasteiger partial charge in [-0.2, -0.15) is 5.10 Å². The fourth-order valence-electron chi connectivity index (χ4n) is 3.86. The lowest BCUT2D eigenvalue weighted by Crippen LogP contribution is -2.48. The van der Waals surface area contributed by atoms with Crippen LogP contribution in [0.5, 0.6) is 0 Å². The van der Waals surface area contributed by atoms with Gasteiger partial charge < -0.3 is 5.32 Å². The van der Waals surface area contributed by atoms with Crippen molar-refractivity contribution in [3.8, 4) is 5.13 Å². The minimum absolute atomic E-state index is 0.229. The number of amides is 3. The van der Waals surface area contributed by atoms with Gasteiger partial charge in [0.25, 0.3) is 5.91 Å². The standard InChI is InChI=1S/C18H21N5O2S/c1-12-10-14(13(2)22(12)17-19-8-9-26-17)11-20-23-15(24)18(21-16(23)25)6-4-3-5-7-18/h8-11H,3-7H2,1-2H3,(H,21,25)/b20-11-. The lowest BCUT2D eigenvalue weighted by Gasteiger charge is -2.29. The number of aryl methyl sites for hydroxylation is 1. The van der Waals surface area contributed by atoms with Crippen LogP contribution in [0.15, 0.2) is 22.7 Å². The molecule has 3 amide bonds. The van der Waals surface area contributed by atoms with Gasteiger partial charge in [0.1, 0.15) is 5.54 Å². The monoisotopic (exact) mass is 371 g/mol. The number of carbonyl (C=O) groups excluding carboxylic acids is 2. The highest BCUT2D eigenvalue weighted by atomic mass is 32.1. The maximum atomic E-state index is 12.8. The first-order valence-electron chi connectivity index (χ1n) is 8.81. The van der Waals surface area contributed by atoms with E-state index in [-0.39, 0.29) is 5.91 Å². The Morgan fingerprint density at radius 1 is 1.27 bits per heavy atom. The van der Waals surface area contributed by atoms with Crippen LogP contribution >= 0.6 is 11.3 Å². The molecule has 0 radical (unpaired) electrons. The predicted octanol–water partition coefficient (Wildman–Crippen LogP) is 3.14. The average Bonchev–Trinajstić information content (AvgIpc) is 3.28. The molecule has 4 rings (SSSR count). The van der Waals surface area contributed by atoms with Crippen molar-refractivity contribution in [1.29, 1.82) is 0 Å². The first kappa shape index (κ1) is 17.0. The Hall–Kier alpha value is -2.48. The summed E-state index contributed by atoms with van der Waals surface area (Å²) in [5.74, 6) is -0.229. The summed E-state index contributed by atoms with van der Waals surface area (Å²) in [5, 5.41) is 10.9. The zero-order valence-electron chi connectivity index (χ0n) is 14.9. The molecule has 26 heavy (non-hydrogen) atoms. The topological polar surface area (TPSA) is 79.6 Å². The van der Waals surface area contributed by atoms with Gasteiger partial charge in [-0.05, 0) is 32.8 Å². The second kappa shape index (κ2) is 6.35. The highest BCUT2D eigenvalue weighted by Crippen LogP contribution is 2.33. The maximum Gasteiger partial charge on any atom is 0.346 e. The quantitative estimate of drug-likeness (QED) is 0.665. The minimum Gasteiger partial charge on any atom is -0.321 e. The third-order valence-electron chi connectivity index (χ3n) is 5.24. The highest BCUT2D eigenvalue weighted by molar-refractivity contribution is 7.12. The zero-order valence-corrected chi connectivity index (χ0v) is 15.7. The summed E-state index contributed by atoms with van der Waals surface area (Å²) in [6.45, 7) is 3.97. The number of hydrogen-bond donors (Lipinski definition) is 1. The molecule has 1 saturated carbocycles. The van der Waals surface area contributed by atoms with E-state index in [0.717, 1.165) is 46.4 Å². The summed E-state index contributed by atoms with van der Waals surface area (Å²) in [5.41, 5.74) is 2.12. The van der Waals surface area contributed by atoms with E-state index >= 15 is 0 Å². The van der Waals surface area contributed by atoms with Crippen LogP contribution in [-0.2, 0) is 4.79 Å². The van der Waals surface area contributed by atoms with Gasteiger partial charge in [-0.1, -0.05) is 19.3 Å². The summed E-state index contributed by atoms with van der Waals surface area (Å²) in [6.07, 6.45) is 7.77. The minimum atomic E-state index is -0.746. The van der Waals surface area contributed by atoms with E-state index in [0.29, 0.717) is 12.8 Å². The molecule has 136 valence electrons. The molecule has 0 atom stereocenters. The number of hydrazone groups is 1. The van der Waals surface area contributed by atoms with Crippen LogP contribution in [0.3, 0.4) is 0 Å². The number of carbonyl (C=O) groups is 2. The molecule has 1 aliphatic carbocycles. The molecule has 2 aromatic heterocycles. The highest BCUT2D eigenvalue weighted by Gasteiger charge is 2.51. The van der Waals surface area contributed by atoms with Crippen molar-refractivity contribution in [2.24, 2.45) is 5.10 Å². The largest absolute Gasteiger partial charge is 0.346 e. The Balaban J connectivity index is 1.60. The second-order valence-electron chi connectivity index (χ2n) is 6.91. The van der Waals surface area contributed by atoms with E-state index in [2.05, 4.69) is 15.4 Å². The van der Waals surface area contributed by atoms with Gasteiger partial charge in [-0.3, -0.25) is 9.36 Å². The number of nitrogens with zero attached hydrogens (tertiary/aromatic N) is 4. The normalized spacial score (nSPS) is 19.7. The average molecular weight is 371 g/mol. The Morgan fingerprint density at radius 3 is 2.73 bits per heavy atom. The molecule has 3 heterocycles. The van der Waals surface area contributed by atoms with Crippen molar-refractivity contribution in [1.82, 2.24) is 19.9 Å². The van der Waals surface area contributed by atoms with Crippen molar-refractivity contribution in [2.75, 3.05) is 0 Å². The molecule has 2 aliphatic rings. The number of nitrogens with one attached hydrogen (secondary N) is 1. The molecule has 0 unspecified atom stereocenters. The van der Waals surface area contributed by atoms with Crippen molar-refractivity contribution in [2.45, 2.75) is 51.5 Å². The van der Waals surface area contributed by atoms with Crippen LogP contribution in [0, 0.1) is 13.8 Å². The summed E-state index contributed by atoms with van der Waals surface area (Å²) in [7, 11) is 0. The number of imide groups is 1. The van der Waals surface area contributed by atoms with E-state index in [1.54, 1.807) is 23.7 Å². The Labute approximate surface area is 155 Å². The lowest BCUT2D eigenvalue weighted by atomic mass is 9.82. The van der Waals surface area contributed by atoms with Crippen LogP contribution in [0.4, 0.5) is 4.79 Å². The number of aromatic nitrogens is 2. The summed E-state index contributed by atoms with van der Waals surface area (Å²) in [6, 6.07) is 1.55. The molecule has 0 aromatic carbocycles. The SMILES string of the molecule is Cc1cc(/C=N\N2C(=O)NC3(CCCCC3)C2=O)c(C)n1-c1nccs1. The third kappa shape index (κ3) is 2.65. The number of hydrogen-bond acceptors (Lipinski definition) is 5. The fraction of sp³-hybridized carbons (Fsp3) is 0.444. The van der Waals surface area contributed by atoms with Crippen LogP contribution in [-0.4, -0.2) is 38.3 Å². The molecule has 0 bridgehead atoms. The van der Waals surface area contributed by atoms with Gasteiger partial charge >= 0.3 is 6.03 Å². The Bertz CT molecular complexity index is 878. The first-order chi connectivity index (χ1) is 12.5. The van der Waals surface area contributed by atoms with Crippen LogP contribution < -0.4 is 5.32 Å². The first-order valence-corrected chi connectivity index (χ1v) is 9.69. The fourth-order valence-corrected chi connectivity index (χ4v) is 4.62. The van der Waals surface area contributed by atoms with E-state index in [1.165, 1.54) is 0 Å². The summed E-state index contributed by atoms with van der Waals surface area (Å²) in [4.78, 5) is 29.4. The van der Waals surface area contributed by atoms with Gasteiger partial charge in [0, 0.05) is 28.5 Å². The van der Waals surface area contributed by atoms with Gasteiger partial charge in [0.2, 0.25) is 0 Å². The van der Waals surface area contributed by atoms with Crippen molar-refractivity contribution in [3.05, 3.63) is 34.6 Å². The van der Waals surface area contributed by atoms with Gasteiger partial charge in [-0.25, -0.2) is 9.78 Å². The van der Waals surface area contributed by atoms with E-state index in [4.69, 9.17) is 0 Å². The smallest absolute Gasteiger partial charge is 0.321 e. The van der Waals surface area contributed by atoms with Crippen molar-refractivity contribution >= 4 is 29.5 Å². The number of rotatable bonds is 3. The lowest BCUT2D eigenvalue weighted by molar-refractivity contribution is -0.132. The molecule has 1 aliphatic heterocycles. The molecule has 2 aromatic rings. The molecule has 7 nitrogen and oxygen atoms in total. The third-order valence-corrected chi connectivity index (χ3v) is 6.00. The van der Waals surface area contributed by atoms with Crippen LogP contribution in [0.25, 0.3) is 5.13 Å². The molecule has 1 saturated heterocycles. The molecule has 8 heteroatoms. The zero-order chi connectivity index (χ0) is 18.3. The van der Waals surface area contributed by atoms with Crippen LogP contribution in [0.2, 0.25) is 0 Å². The molecular formula is C18H21N5O2S. The molecule has 1 spiro atoms. The van der Waals surface area contributed by atoms with E-state index in [1.807, 2.05) is 29.9 Å². The van der Waals surface area contributed by atoms with Crippen molar-refractivity contribution < 1.29 is 9.59 Å². The number of urea groups is 1. The predicted molar refractivity (Wildman–Crippen MR) is 99.7 cm³/mol. The van der Waals surface area contributed by atoms with Gasteiger partial charge in [0.15, 0.2) is 5.13 Å². The van der Waals surface area contributed by atoms with Gasteiger partial charge in [-0.15, -0.1) is 16.3 Å². The summed E-state index contributed by atoms with van der Waals surface area (Å²) >= 11 is 1.56. The van der Waals surface area contributed by atoms with E-state index in [9.17, 15) is 9.59 Å². The molecule has 1 N–H and O–H groups in total.